The van der Waals surface area contributed by atoms with E-state index in [1.54, 1.807) is 7.05 Å². The molecular weight excluding hydrogens is 244 g/mol. The molecule has 1 fully saturated rings. The summed E-state index contributed by atoms with van der Waals surface area (Å²) in [7, 11) is 1.77. The molecule has 1 rings (SSSR count). The van der Waals surface area contributed by atoms with Crippen LogP contribution in [-0.4, -0.2) is 55.3 Å². The van der Waals surface area contributed by atoms with Crippen molar-refractivity contribution in [3.8, 4) is 0 Å². The monoisotopic (exact) mass is 270 g/mol. The van der Waals surface area contributed by atoms with E-state index in [4.69, 9.17) is 4.74 Å². The van der Waals surface area contributed by atoms with Crippen LogP contribution in [0, 0.1) is 0 Å². The number of guanidine groups is 1. The van der Waals surface area contributed by atoms with Gasteiger partial charge in [-0.2, -0.15) is 0 Å². The van der Waals surface area contributed by atoms with Crippen LogP contribution >= 0.6 is 0 Å². The molecule has 110 valence electrons. The van der Waals surface area contributed by atoms with Crippen LogP contribution < -0.4 is 10.6 Å². The van der Waals surface area contributed by atoms with E-state index in [1.807, 2.05) is 27.7 Å². The van der Waals surface area contributed by atoms with Crippen LogP contribution in [0.25, 0.3) is 0 Å². The van der Waals surface area contributed by atoms with E-state index in [9.17, 15) is 4.79 Å². The van der Waals surface area contributed by atoms with Crippen molar-refractivity contribution in [2.45, 2.75) is 45.8 Å². The number of hydrogen-bond acceptors (Lipinski definition) is 3. The second-order valence-electron chi connectivity index (χ2n) is 5.66. The van der Waals surface area contributed by atoms with Gasteiger partial charge in [-0.3, -0.25) is 4.99 Å². The zero-order valence-electron chi connectivity index (χ0n) is 12.6. The molecule has 2 N–H and O–H groups in total. The lowest BCUT2D eigenvalue weighted by molar-refractivity contribution is 0.0507. The van der Waals surface area contributed by atoms with Crippen molar-refractivity contribution in [3.05, 3.63) is 0 Å². The van der Waals surface area contributed by atoms with E-state index in [-0.39, 0.29) is 12.1 Å². The predicted molar refractivity (Wildman–Crippen MR) is 76.4 cm³/mol. The Hall–Kier alpha value is -1.46. The van der Waals surface area contributed by atoms with Crippen molar-refractivity contribution in [1.82, 2.24) is 15.5 Å². The number of carbonyl (C=O) groups excluding carboxylic acids is 1. The first-order valence-electron chi connectivity index (χ1n) is 6.81. The lowest BCUT2D eigenvalue weighted by Crippen LogP contribution is -2.44. The van der Waals surface area contributed by atoms with E-state index in [2.05, 4.69) is 20.5 Å². The average Bonchev–Trinajstić information content (AvgIpc) is 2.71. The predicted octanol–water partition coefficient (Wildman–Crippen LogP) is 1.18. The summed E-state index contributed by atoms with van der Waals surface area (Å²) in [5, 5.41) is 6.12. The van der Waals surface area contributed by atoms with Crippen molar-refractivity contribution >= 4 is 12.1 Å². The Kier molecular flexibility index (Phi) is 5.44. The summed E-state index contributed by atoms with van der Waals surface area (Å²) in [6, 6.07) is 0.116. The van der Waals surface area contributed by atoms with Crippen LogP contribution in [0.15, 0.2) is 4.99 Å². The van der Waals surface area contributed by atoms with Gasteiger partial charge in [0.15, 0.2) is 5.96 Å². The quantitative estimate of drug-likeness (QED) is 0.584. The fraction of sp³-hybridized carbons (Fsp3) is 0.846. The summed E-state index contributed by atoms with van der Waals surface area (Å²) < 4.78 is 5.25. The van der Waals surface area contributed by atoms with Gasteiger partial charge in [0.25, 0.3) is 0 Å². The molecule has 1 amide bonds. The number of carbonyl (C=O) groups is 1. The Labute approximate surface area is 115 Å². The summed E-state index contributed by atoms with van der Waals surface area (Å²) in [5.41, 5.74) is -0.456. The van der Waals surface area contributed by atoms with Gasteiger partial charge >= 0.3 is 6.09 Å². The minimum atomic E-state index is -0.456. The number of ether oxygens (including phenoxy) is 1. The van der Waals surface area contributed by atoms with Crippen molar-refractivity contribution < 1.29 is 9.53 Å². The van der Waals surface area contributed by atoms with Gasteiger partial charge < -0.3 is 20.3 Å². The van der Waals surface area contributed by atoms with Crippen LogP contribution in [0.3, 0.4) is 0 Å². The van der Waals surface area contributed by atoms with Crippen LogP contribution in [0.4, 0.5) is 4.79 Å². The number of rotatable bonds is 2. The minimum Gasteiger partial charge on any atom is -0.444 e. The fourth-order valence-electron chi connectivity index (χ4n) is 2.04. The Morgan fingerprint density at radius 3 is 2.68 bits per heavy atom. The van der Waals surface area contributed by atoms with E-state index < -0.39 is 5.60 Å². The number of aliphatic imine (C=N–C) groups is 1. The van der Waals surface area contributed by atoms with Gasteiger partial charge in [-0.05, 0) is 34.1 Å². The smallest absolute Gasteiger partial charge is 0.407 e. The molecule has 0 aromatic carbocycles. The highest BCUT2D eigenvalue weighted by molar-refractivity contribution is 5.80. The molecule has 1 aliphatic heterocycles. The van der Waals surface area contributed by atoms with Crippen molar-refractivity contribution in [2.24, 2.45) is 4.99 Å². The molecule has 1 aliphatic rings. The number of likely N-dealkylation sites (tertiary alicyclic amines) is 1. The van der Waals surface area contributed by atoms with Crippen molar-refractivity contribution in [1.29, 1.82) is 0 Å². The first-order chi connectivity index (χ1) is 8.85. The minimum absolute atomic E-state index is 0.116. The maximum Gasteiger partial charge on any atom is 0.407 e. The third kappa shape index (κ3) is 5.36. The second-order valence-corrected chi connectivity index (χ2v) is 5.66. The number of hydrogen-bond donors (Lipinski definition) is 2. The lowest BCUT2D eigenvalue weighted by atomic mass is 10.2. The van der Waals surface area contributed by atoms with E-state index in [1.165, 1.54) is 0 Å². The molecule has 1 unspecified atom stereocenters. The Morgan fingerprint density at radius 1 is 1.47 bits per heavy atom. The summed E-state index contributed by atoms with van der Waals surface area (Å²) in [6.45, 7) is 10.1. The number of nitrogens with one attached hydrogen (secondary N) is 2. The second kappa shape index (κ2) is 6.63. The molecule has 6 nitrogen and oxygen atoms in total. The maximum absolute atomic E-state index is 11.7. The normalized spacial score (nSPS) is 20.4. The zero-order valence-corrected chi connectivity index (χ0v) is 12.6. The topological polar surface area (TPSA) is 66.0 Å². The van der Waals surface area contributed by atoms with Gasteiger partial charge in [-0.15, -0.1) is 0 Å². The molecule has 1 saturated heterocycles. The molecule has 19 heavy (non-hydrogen) atoms. The molecule has 0 saturated carbocycles. The summed E-state index contributed by atoms with van der Waals surface area (Å²) in [4.78, 5) is 18.1. The van der Waals surface area contributed by atoms with Gasteiger partial charge in [-0.25, -0.2) is 4.79 Å². The summed E-state index contributed by atoms with van der Waals surface area (Å²) in [6.07, 6.45) is 0.557. The summed E-state index contributed by atoms with van der Waals surface area (Å²) in [5.74, 6) is 0.885. The van der Waals surface area contributed by atoms with Crippen molar-refractivity contribution in [3.63, 3.8) is 0 Å². The molecular formula is C13H26N4O2. The highest BCUT2D eigenvalue weighted by Gasteiger charge is 2.27. The molecule has 1 atom stereocenters. The Bertz CT molecular complexity index is 336. The third-order valence-corrected chi connectivity index (χ3v) is 2.76. The molecule has 0 radical (unpaired) electrons. The van der Waals surface area contributed by atoms with Crippen LogP contribution in [0.5, 0.6) is 0 Å². The number of alkyl carbamates (subject to hydrolysis) is 1. The first-order valence-corrected chi connectivity index (χ1v) is 6.81. The largest absolute Gasteiger partial charge is 0.444 e. The molecule has 0 aromatic heterocycles. The van der Waals surface area contributed by atoms with Crippen LogP contribution in [-0.2, 0) is 4.74 Å². The standard InChI is InChI=1S/C13H26N4O2/c1-6-15-11(14-5)17-8-7-10(9-17)16-12(18)19-13(2,3)4/h10H,6-9H2,1-5H3,(H,14,15)(H,16,18). The first kappa shape index (κ1) is 15.6. The van der Waals surface area contributed by atoms with Gasteiger partial charge in [0.05, 0.1) is 6.04 Å². The number of nitrogens with zero attached hydrogens (tertiary/aromatic N) is 2. The van der Waals surface area contributed by atoms with Gasteiger partial charge in [0.1, 0.15) is 5.60 Å². The van der Waals surface area contributed by atoms with E-state index in [0.29, 0.717) is 0 Å². The molecule has 1 heterocycles. The molecule has 0 bridgehead atoms. The molecule has 6 heteroatoms. The SMILES string of the molecule is CCNC(=NC)N1CCC(NC(=O)OC(C)(C)C)C1. The Morgan fingerprint density at radius 2 is 2.16 bits per heavy atom. The molecule has 0 aliphatic carbocycles. The highest BCUT2D eigenvalue weighted by atomic mass is 16.6. The maximum atomic E-state index is 11.7. The number of amides is 1. The van der Waals surface area contributed by atoms with Gasteiger partial charge in [0.2, 0.25) is 0 Å². The summed E-state index contributed by atoms with van der Waals surface area (Å²) >= 11 is 0. The third-order valence-electron chi connectivity index (χ3n) is 2.76. The van der Waals surface area contributed by atoms with Crippen LogP contribution in [0.1, 0.15) is 34.1 Å². The van der Waals surface area contributed by atoms with Gasteiger partial charge in [-0.1, -0.05) is 0 Å². The molecule has 0 aromatic rings. The van der Waals surface area contributed by atoms with E-state index in [0.717, 1.165) is 32.0 Å². The highest BCUT2D eigenvalue weighted by Crippen LogP contribution is 2.11. The van der Waals surface area contributed by atoms with E-state index >= 15 is 0 Å². The van der Waals surface area contributed by atoms with Crippen molar-refractivity contribution in [2.75, 3.05) is 26.7 Å². The molecule has 0 spiro atoms. The van der Waals surface area contributed by atoms with Gasteiger partial charge in [0, 0.05) is 26.7 Å². The lowest BCUT2D eigenvalue weighted by Gasteiger charge is -2.23. The average molecular weight is 270 g/mol. The Balaban J connectivity index is 2.42. The zero-order chi connectivity index (χ0) is 14.5. The van der Waals surface area contributed by atoms with Crippen LogP contribution in [0.2, 0.25) is 0 Å². The fourth-order valence-corrected chi connectivity index (χ4v) is 2.04.